The van der Waals surface area contributed by atoms with Gasteiger partial charge in [-0.3, -0.25) is 0 Å². The van der Waals surface area contributed by atoms with Crippen molar-refractivity contribution in [2.45, 2.75) is 92.5 Å². The summed E-state index contributed by atoms with van der Waals surface area (Å²) in [7, 11) is 0. The molecule has 0 fully saturated rings. The molecule has 3 heteroatoms. The second-order valence-corrected chi connectivity index (χ2v) is 8.22. The molecule has 0 aromatic rings. The number of allylic oxidation sites excluding steroid dienone is 6. The molecule has 0 saturated carbocycles. The Balaban J connectivity index is 3.44. The van der Waals surface area contributed by atoms with Crippen LogP contribution in [0.25, 0.3) is 0 Å². The highest BCUT2D eigenvalue weighted by atomic mass is 16.7. The molecule has 1 rings (SSSR count). The predicted octanol–water partition coefficient (Wildman–Crippen LogP) is 7.03. The summed E-state index contributed by atoms with van der Waals surface area (Å²) in [5.74, 6) is 0.195. The van der Waals surface area contributed by atoms with Crippen LogP contribution in [0.5, 0.6) is 0 Å². The van der Waals surface area contributed by atoms with Crippen LogP contribution in [-0.2, 0) is 9.47 Å². The Morgan fingerprint density at radius 2 is 1.61 bits per heavy atom. The SMILES string of the molecule is CCOC(C)OC1(C#N)C/C(C)=C/CC/C(C)=C/CC/C(C)=C/C=C/1C(C)C. The van der Waals surface area contributed by atoms with Crippen molar-refractivity contribution in [2.24, 2.45) is 5.92 Å². The van der Waals surface area contributed by atoms with Crippen LogP contribution in [0, 0.1) is 17.2 Å². The quantitative estimate of drug-likeness (QED) is 0.377. The van der Waals surface area contributed by atoms with Crippen molar-refractivity contribution in [1.82, 2.24) is 0 Å². The van der Waals surface area contributed by atoms with E-state index in [1.165, 1.54) is 16.7 Å². The fraction of sp³-hybridized carbons (Fsp3) is 0.640. The molecule has 2 unspecified atom stereocenters. The van der Waals surface area contributed by atoms with Gasteiger partial charge in [-0.05, 0) is 71.8 Å². The van der Waals surface area contributed by atoms with E-state index >= 15 is 0 Å². The van der Waals surface area contributed by atoms with E-state index in [9.17, 15) is 5.26 Å². The van der Waals surface area contributed by atoms with Crippen molar-refractivity contribution in [1.29, 1.82) is 5.26 Å². The summed E-state index contributed by atoms with van der Waals surface area (Å²) in [5, 5.41) is 10.3. The highest BCUT2D eigenvalue weighted by molar-refractivity contribution is 5.35. The van der Waals surface area contributed by atoms with E-state index in [1.807, 2.05) is 13.8 Å². The van der Waals surface area contributed by atoms with E-state index < -0.39 is 11.9 Å². The van der Waals surface area contributed by atoms with E-state index in [-0.39, 0.29) is 5.92 Å². The zero-order valence-electron chi connectivity index (χ0n) is 19.0. The molecular formula is C25H39NO2. The van der Waals surface area contributed by atoms with Crippen molar-refractivity contribution in [3.8, 4) is 6.07 Å². The second kappa shape index (κ2) is 12.0. The summed E-state index contributed by atoms with van der Waals surface area (Å²) in [6, 6.07) is 2.52. The number of nitrogens with zero attached hydrogens (tertiary/aromatic N) is 1. The highest BCUT2D eigenvalue weighted by Gasteiger charge is 2.39. The zero-order chi connectivity index (χ0) is 21.2. The van der Waals surface area contributed by atoms with Crippen LogP contribution in [0.4, 0.5) is 0 Å². The molecule has 2 atom stereocenters. The van der Waals surface area contributed by atoms with Gasteiger partial charge in [0.1, 0.15) is 6.07 Å². The fourth-order valence-corrected chi connectivity index (χ4v) is 3.66. The van der Waals surface area contributed by atoms with Crippen LogP contribution < -0.4 is 0 Å². The van der Waals surface area contributed by atoms with Crippen LogP contribution in [-0.4, -0.2) is 18.5 Å². The topological polar surface area (TPSA) is 42.2 Å². The third kappa shape index (κ3) is 7.78. The molecule has 28 heavy (non-hydrogen) atoms. The van der Waals surface area contributed by atoms with Crippen LogP contribution in [0.3, 0.4) is 0 Å². The monoisotopic (exact) mass is 385 g/mol. The molecule has 0 heterocycles. The van der Waals surface area contributed by atoms with Gasteiger partial charge >= 0.3 is 0 Å². The maximum absolute atomic E-state index is 10.3. The standard InChI is InChI=1S/C25H39NO2/c1-8-27-23(7)28-25(18-26)17-22(6)14-10-12-20(4)11-9-13-21(5)15-16-24(25)19(2)3/h11,14-16,19,23H,8-10,12-13,17H2,1-7H3/b20-11+,21-15+,22-14+,24-16+. The number of nitriles is 1. The third-order valence-electron chi connectivity index (χ3n) is 5.18. The lowest BCUT2D eigenvalue weighted by molar-refractivity contribution is -0.171. The van der Waals surface area contributed by atoms with Crippen LogP contribution in [0.1, 0.15) is 80.6 Å². The first-order valence-electron chi connectivity index (χ1n) is 10.6. The summed E-state index contributed by atoms with van der Waals surface area (Å²) in [4.78, 5) is 0. The van der Waals surface area contributed by atoms with Gasteiger partial charge in [-0.1, -0.05) is 54.9 Å². The fourth-order valence-electron chi connectivity index (χ4n) is 3.66. The summed E-state index contributed by atoms with van der Waals surface area (Å²) in [6.07, 6.45) is 13.1. The molecule has 0 bridgehead atoms. The molecule has 1 aliphatic rings. The first-order chi connectivity index (χ1) is 13.2. The maximum atomic E-state index is 10.3. The average molecular weight is 386 g/mol. The van der Waals surface area contributed by atoms with E-state index in [0.717, 1.165) is 31.3 Å². The Bertz CT molecular complexity index is 661. The van der Waals surface area contributed by atoms with Gasteiger partial charge in [-0.15, -0.1) is 0 Å². The molecule has 156 valence electrons. The molecule has 0 amide bonds. The number of ether oxygens (including phenoxy) is 2. The Morgan fingerprint density at radius 3 is 2.18 bits per heavy atom. The molecule has 0 spiro atoms. The Kier molecular flexibility index (Phi) is 10.5. The summed E-state index contributed by atoms with van der Waals surface area (Å²) >= 11 is 0. The molecule has 1 aliphatic carbocycles. The zero-order valence-corrected chi connectivity index (χ0v) is 19.0. The van der Waals surface area contributed by atoms with E-state index in [0.29, 0.717) is 13.0 Å². The largest absolute Gasteiger partial charge is 0.353 e. The van der Waals surface area contributed by atoms with Gasteiger partial charge in [0.15, 0.2) is 11.9 Å². The molecule has 0 saturated heterocycles. The molecule has 3 nitrogen and oxygen atoms in total. The lowest BCUT2D eigenvalue weighted by atomic mass is 9.81. The molecular weight excluding hydrogens is 346 g/mol. The van der Waals surface area contributed by atoms with Gasteiger partial charge in [0.05, 0.1) is 0 Å². The van der Waals surface area contributed by atoms with E-state index in [4.69, 9.17) is 9.47 Å². The van der Waals surface area contributed by atoms with Crippen LogP contribution in [0.2, 0.25) is 0 Å². The minimum absolute atomic E-state index is 0.195. The highest BCUT2D eigenvalue weighted by Crippen LogP contribution is 2.35. The van der Waals surface area contributed by atoms with Crippen molar-refractivity contribution in [3.63, 3.8) is 0 Å². The third-order valence-corrected chi connectivity index (χ3v) is 5.18. The van der Waals surface area contributed by atoms with Crippen molar-refractivity contribution in [3.05, 3.63) is 46.6 Å². The second-order valence-electron chi connectivity index (χ2n) is 8.22. The maximum Gasteiger partial charge on any atom is 0.182 e. The van der Waals surface area contributed by atoms with E-state index in [1.54, 1.807) is 0 Å². The number of rotatable bonds is 5. The predicted molar refractivity (Wildman–Crippen MR) is 118 cm³/mol. The number of hydrogen-bond acceptors (Lipinski definition) is 3. The Morgan fingerprint density at radius 1 is 1.00 bits per heavy atom. The van der Waals surface area contributed by atoms with Gasteiger partial charge in [-0.2, -0.15) is 5.26 Å². The summed E-state index contributed by atoms with van der Waals surface area (Å²) < 4.78 is 11.9. The van der Waals surface area contributed by atoms with Crippen molar-refractivity contribution < 1.29 is 9.47 Å². The van der Waals surface area contributed by atoms with Crippen LogP contribution >= 0.6 is 0 Å². The smallest absolute Gasteiger partial charge is 0.182 e. The van der Waals surface area contributed by atoms with Gasteiger partial charge in [-0.25, -0.2) is 0 Å². The van der Waals surface area contributed by atoms with Gasteiger partial charge in [0, 0.05) is 13.0 Å². The minimum Gasteiger partial charge on any atom is -0.353 e. The Labute approximate surface area is 172 Å². The Hall–Kier alpha value is -1.63. The first-order valence-corrected chi connectivity index (χ1v) is 10.6. The molecule has 0 aromatic heterocycles. The summed E-state index contributed by atoms with van der Waals surface area (Å²) in [5.41, 5.74) is 3.92. The van der Waals surface area contributed by atoms with Crippen molar-refractivity contribution >= 4 is 0 Å². The van der Waals surface area contributed by atoms with Gasteiger partial charge in [0.2, 0.25) is 0 Å². The van der Waals surface area contributed by atoms with Crippen LogP contribution in [0.15, 0.2) is 46.6 Å². The number of hydrogen-bond donors (Lipinski definition) is 0. The average Bonchev–Trinajstić information content (AvgIpc) is 2.60. The first kappa shape index (κ1) is 24.4. The molecule has 0 N–H and O–H groups in total. The van der Waals surface area contributed by atoms with Gasteiger partial charge in [0.25, 0.3) is 0 Å². The lowest BCUT2D eigenvalue weighted by Gasteiger charge is -2.34. The lowest BCUT2D eigenvalue weighted by Crippen LogP contribution is -2.39. The summed E-state index contributed by atoms with van der Waals surface area (Å²) in [6.45, 7) is 15.1. The molecule has 0 aliphatic heterocycles. The van der Waals surface area contributed by atoms with Gasteiger partial charge < -0.3 is 9.47 Å². The molecule has 0 radical (unpaired) electrons. The van der Waals surface area contributed by atoms with E-state index in [2.05, 4.69) is 65.0 Å². The minimum atomic E-state index is -1.02. The van der Waals surface area contributed by atoms with Crippen molar-refractivity contribution in [2.75, 3.05) is 6.61 Å². The molecule has 0 aromatic carbocycles. The normalized spacial score (nSPS) is 31.1.